The molecule has 0 bridgehead atoms. The molecular weight excluding hydrogens is 345 g/mol. The Balaban J connectivity index is 0.00000288. The van der Waals surface area contributed by atoms with E-state index in [1.165, 1.54) is 32.1 Å². The minimum Gasteiger partial charge on any atom is -1.00 e. The number of nitrogens with one attached hydrogen (secondary N) is 1. The summed E-state index contributed by atoms with van der Waals surface area (Å²) in [7, 11) is 0. The van der Waals surface area contributed by atoms with Gasteiger partial charge in [-0.1, -0.05) is 49.9 Å². The van der Waals surface area contributed by atoms with E-state index in [1.807, 2.05) is 24.3 Å². The van der Waals surface area contributed by atoms with E-state index in [4.69, 9.17) is 16.3 Å². The molecule has 1 fully saturated rings. The molecule has 0 spiro atoms. The molecule has 0 radical (unpaired) electrons. The lowest BCUT2D eigenvalue weighted by atomic mass is 9.83. The molecule has 0 aromatic heterocycles. The van der Waals surface area contributed by atoms with Crippen molar-refractivity contribution in [3.63, 3.8) is 0 Å². The summed E-state index contributed by atoms with van der Waals surface area (Å²) in [5, 5.41) is 14.4. The van der Waals surface area contributed by atoms with Gasteiger partial charge in [-0.15, -0.1) is 0 Å². The summed E-state index contributed by atoms with van der Waals surface area (Å²) >= 11 is 5.86. The highest BCUT2D eigenvalue weighted by atomic mass is 35.5. The second-order valence-electron chi connectivity index (χ2n) is 6.62. The van der Waals surface area contributed by atoms with Crippen molar-refractivity contribution >= 4 is 11.6 Å². The highest BCUT2D eigenvalue weighted by molar-refractivity contribution is 6.30. The van der Waals surface area contributed by atoms with Crippen molar-refractivity contribution in [2.24, 2.45) is 5.92 Å². The van der Waals surface area contributed by atoms with E-state index in [1.54, 1.807) is 0 Å². The summed E-state index contributed by atoms with van der Waals surface area (Å²) in [5.41, 5.74) is 1.07. The minimum atomic E-state index is -0.458. The van der Waals surface area contributed by atoms with Crippen molar-refractivity contribution in [2.45, 2.75) is 64.2 Å². The Labute approximate surface area is 157 Å². The molecule has 2 N–H and O–H groups in total. The van der Waals surface area contributed by atoms with E-state index < -0.39 is 6.10 Å². The number of aliphatic hydroxyl groups is 1. The molecule has 1 saturated carbocycles. The fraction of sp³-hybridized carbons (Fsp3) is 0.684. The van der Waals surface area contributed by atoms with Gasteiger partial charge in [-0.25, -0.2) is 0 Å². The third-order valence-electron chi connectivity index (χ3n) is 4.77. The van der Waals surface area contributed by atoms with E-state index in [0.717, 1.165) is 22.9 Å². The van der Waals surface area contributed by atoms with Crippen LogP contribution < -0.4 is 17.7 Å². The molecule has 0 heterocycles. The van der Waals surface area contributed by atoms with Gasteiger partial charge < -0.3 is 27.6 Å². The molecule has 2 unspecified atom stereocenters. The van der Waals surface area contributed by atoms with Crippen molar-refractivity contribution in [2.75, 3.05) is 13.2 Å². The average molecular weight is 375 g/mol. The highest BCUT2D eigenvalue weighted by Crippen LogP contribution is 2.27. The van der Waals surface area contributed by atoms with Crippen LogP contribution in [0.5, 0.6) is 0 Å². The number of halogens is 2. The van der Waals surface area contributed by atoms with Gasteiger partial charge in [-0.2, -0.15) is 0 Å². The van der Waals surface area contributed by atoms with Crippen LogP contribution >= 0.6 is 11.6 Å². The quantitative estimate of drug-likeness (QED) is 0.681. The number of hydrogen-bond acceptors (Lipinski definition) is 3. The van der Waals surface area contributed by atoms with E-state index in [-0.39, 0.29) is 12.4 Å². The molecule has 0 saturated heterocycles. The third kappa shape index (κ3) is 7.71. The SMILES string of the molecule is CCC(NCC(O)COCc1ccc(Cl)cc1)C1CCCCC1.[Cl-]. The lowest BCUT2D eigenvalue weighted by Crippen LogP contribution is -3.00. The summed E-state index contributed by atoms with van der Waals surface area (Å²) in [4.78, 5) is 0. The van der Waals surface area contributed by atoms with Crippen LogP contribution in [0, 0.1) is 5.92 Å². The van der Waals surface area contributed by atoms with Gasteiger partial charge >= 0.3 is 0 Å². The summed E-state index contributed by atoms with van der Waals surface area (Å²) in [6.07, 6.45) is 7.42. The third-order valence-corrected chi connectivity index (χ3v) is 5.02. The molecule has 5 heteroatoms. The van der Waals surface area contributed by atoms with Crippen molar-refractivity contribution < 1.29 is 22.3 Å². The zero-order valence-electron chi connectivity index (χ0n) is 14.5. The fourth-order valence-electron chi connectivity index (χ4n) is 3.42. The highest BCUT2D eigenvalue weighted by Gasteiger charge is 2.22. The van der Waals surface area contributed by atoms with Crippen LogP contribution in [-0.4, -0.2) is 30.4 Å². The minimum absolute atomic E-state index is 0. The number of aliphatic hydroxyl groups excluding tert-OH is 1. The van der Waals surface area contributed by atoms with Gasteiger partial charge in [-0.05, 0) is 42.9 Å². The van der Waals surface area contributed by atoms with Crippen LogP contribution in [0.25, 0.3) is 0 Å². The Hall–Kier alpha value is -0.320. The van der Waals surface area contributed by atoms with Gasteiger partial charge in [0, 0.05) is 17.6 Å². The molecule has 3 nitrogen and oxygen atoms in total. The molecule has 138 valence electrons. The smallest absolute Gasteiger partial charge is 0.0897 e. The monoisotopic (exact) mass is 374 g/mol. The van der Waals surface area contributed by atoms with Crippen LogP contribution in [-0.2, 0) is 11.3 Å². The maximum absolute atomic E-state index is 10.1. The summed E-state index contributed by atoms with van der Waals surface area (Å²) in [5.74, 6) is 0.774. The zero-order chi connectivity index (χ0) is 16.5. The average Bonchev–Trinajstić information content (AvgIpc) is 2.58. The van der Waals surface area contributed by atoms with Gasteiger partial charge in [0.25, 0.3) is 0 Å². The van der Waals surface area contributed by atoms with Crippen molar-refractivity contribution in [1.82, 2.24) is 5.32 Å². The van der Waals surface area contributed by atoms with Gasteiger partial charge in [-0.3, -0.25) is 0 Å². The molecule has 1 aliphatic rings. The van der Waals surface area contributed by atoms with Gasteiger partial charge in [0.1, 0.15) is 0 Å². The van der Waals surface area contributed by atoms with Gasteiger partial charge in [0.05, 0.1) is 19.3 Å². The molecule has 2 rings (SSSR count). The van der Waals surface area contributed by atoms with Crippen LogP contribution in [0.2, 0.25) is 5.02 Å². The maximum Gasteiger partial charge on any atom is 0.0897 e. The van der Waals surface area contributed by atoms with Crippen LogP contribution in [0.4, 0.5) is 0 Å². The first kappa shape index (κ1) is 21.7. The maximum atomic E-state index is 10.1. The first-order chi connectivity index (χ1) is 11.2. The largest absolute Gasteiger partial charge is 1.00 e. The van der Waals surface area contributed by atoms with Crippen molar-refractivity contribution in [3.8, 4) is 0 Å². The zero-order valence-corrected chi connectivity index (χ0v) is 16.0. The van der Waals surface area contributed by atoms with E-state index in [2.05, 4.69) is 12.2 Å². The Morgan fingerprint density at radius 3 is 2.50 bits per heavy atom. The first-order valence-corrected chi connectivity index (χ1v) is 9.30. The molecule has 0 aliphatic heterocycles. The number of benzene rings is 1. The lowest BCUT2D eigenvalue weighted by Gasteiger charge is -2.31. The topological polar surface area (TPSA) is 41.5 Å². The number of ether oxygens (including phenoxy) is 1. The second-order valence-corrected chi connectivity index (χ2v) is 7.05. The Kier molecular flexibility index (Phi) is 11.0. The van der Waals surface area contributed by atoms with Crippen LogP contribution in [0.1, 0.15) is 51.0 Å². The van der Waals surface area contributed by atoms with Gasteiger partial charge in [0.15, 0.2) is 0 Å². The van der Waals surface area contributed by atoms with E-state index in [0.29, 0.717) is 25.8 Å². The van der Waals surface area contributed by atoms with Crippen molar-refractivity contribution in [1.29, 1.82) is 0 Å². The van der Waals surface area contributed by atoms with Crippen LogP contribution in [0.3, 0.4) is 0 Å². The molecule has 1 aromatic rings. The Morgan fingerprint density at radius 2 is 1.88 bits per heavy atom. The number of rotatable bonds is 9. The summed E-state index contributed by atoms with van der Waals surface area (Å²) in [6, 6.07) is 8.13. The molecule has 1 aliphatic carbocycles. The molecule has 0 amide bonds. The normalized spacial score (nSPS) is 18.0. The van der Waals surface area contributed by atoms with Crippen LogP contribution in [0.15, 0.2) is 24.3 Å². The van der Waals surface area contributed by atoms with E-state index in [9.17, 15) is 5.11 Å². The Morgan fingerprint density at radius 1 is 1.21 bits per heavy atom. The first-order valence-electron chi connectivity index (χ1n) is 8.92. The van der Waals surface area contributed by atoms with E-state index >= 15 is 0 Å². The Bertz CT molecular complexity index is 435. The summed E-state index contributed by atoms with van der Waals surface area (Å²) < 4.78 is 5.60. The number of hydrogen-bond donors (Lipinski definition) is 2. The molecule has 2 atom stereocenters. The second kappa shape index (κ2) is 12.1. The lowest BCUT2D eigenvalue weighted by molar-refractivity contribution is -0.00000720. The predicted octanol–water partition coefficient (Wildman–Crippen LogP) is 1.17. The summed E-state index contributed by atoms with van der Waals surface area (Å²) in [6.45, 7) is 3.70. The standard InChI is InChI=1S/C19H30ClNO2.ClH/c1-2-19(16-6-4-3-5-7-16)21-12-18(22)14-23-13-15-8-10-17(20)11-9-15;/h8-11,16,18-19,21-22H,2-7,12-14H2,1H3;1H/p-1. The predicted molar refractivity (Wildman–Crippen MR) is 95.8 cm³/mol. The molecular formula is C19H30Cl2NO2-. The molecule has 24 heavy (non-hydrogen) atoms. The van der Waals surface area contributed by atoms with Gasteiger partial charge in [0.2, 0.25) is 0 Å². The van der Waals surface area contributed by atoms with Crippen molar-refractivity contribution in [3.05, 3.63) is 34.9 Å². The molecule has 1 aromatic carbocycles. The fourth-order valence-corrected chi connectivity index (χ4v) is 3.55.